The molecule has 0 aromatic heterocycles. The molecule has 142 valence electrons. The topological polar surface area (TPSA) is 61.4 Å². The number of phenolic OH excluding ortho intramolecular Hbond substituents is 1. The van der Waals surface area contributed by atoms with Gasteiger partial charge in [0.25, 0.3) is 0 Å². The van der Waals surface area contributed by atoms with Crippen LogP contribution in [0.2, 0.25) is 0 Å². The number of aryl methyl sites for hydroxylation is 1. The van der Waals surface area contributed by atoms with Crippen molar-refractivity contribution in [3.05, 3.63) is 95.6 Å². The molecule has 0 fully saturated rings. The van der Waals surface area contributed by atoms with Crippen molar-refractivity contribution in [1.82, 2.24) is 5.32 Å². The van der Waals surface area contributed by atoms with Crippen LogP contribution in [0.5, 0.6) is 5.75 Å². The maximum absolute atomic E-state index is 13.1. The summed E-state index contributed by atoms with van der Waals surface area (Å²) >= 11 is 5.32. The summed E-state index contributed by atoms with van der Waals surface area (Å²) in [5, 5.41) is 15.9. The SMILES string of the molecule is CCc1ccc(O)c(NC(=S)NC(=O)C(c2ccccc2)c2ccccc2)c1. The van der Waals surface area contributed by atoms with E-state index in [1.54, 1.807) is 6.07 Å². The summed E-state index contributed by atoms with van der Waals surface area (Å²) in [7, 11) is 0. The number of benzene rings is 3. The van der Waals surface area contributed by atoms with E-state index in [-0.39, 0.29) is 16.8 Å². The number of nitrogens with one attached hydrogen (secondary N) is 2. The number of aromatic hydroxyl groups is 1. The highest BCUT2D eigenvalue weighted by atomic mass is 32.1. The molecule has 0 saturated heterocycles. The standard InChI is InChI=1S/C23H22N2O2S/c1-2-16-13-14-20(26)19(15-16)24-23(28)25-22(27)21(17-9-5-3-6-10-17)18-11-7-4-8-12-18/h3-15,21,26H,2H2,1H3,(H2,24,25,27,28). The van der Waals surface area contributed by atoms with Crippen LogP contribution < -0.4 is 10.6 Å². The first-order chi connectivity index (χ1) is 13.6. The second-order valence-electron chi connectivity index (χ2n) is 6.40. The molecule has 5 heteroatoms. The van der Waals surface area contributed by atoms with Crippen LogP contribution in [0.25, 0.3) is 0 Å². The maximum Gasteiger partial charge on any atom is 0.238 e. The number of thiocarbonyl (C=S) groups is 1. The van der Waals surface area contributed by atoms with Crippen LogP contribution in [0.4, 0.5) is 5.69 Å². The lowest BCUT2D eigenvalue weighted by Gasteiger charge is -2.19. The molecule has 0 aliphatic rings. The van der Waals surface area contributed by atoms with Crippen LogP contribution in [0.3, 0.4) is 0 Å². The first-order valence-electron chi connectivity index (χ1n) is 9.12. The van der Waals surface area contributed by atoms with Crippen LogP contribution in [0.1, 0.15) is 29.5 Å². The second kappa shape index (κ2) is 9.15. The summed E-state index contributed by atoms with van der Waals surface area (Å²) < 4.78 is 0. The van der Waals surface area contributed by atoms with Crippen molar-refractivity contribution in [2.24, 2.45) is 0 Å². The first kappa shape index (κ1) is 19.6. The summed E-state index contributed by atoms with van der Waals surface area (Å²) in [4.78, 5) is 13.1. The third kappa shape index (κ3) is 4.75. The number of hydrogen-bond acceptors (Lipinski definition) is 3. The Balaban J connectivity index is 1.80. The summed E-state index contributed by atoms with van der Waals surface area (Å²) in [5.41, 5.74) is 3.29. The van der Waals surface area contributed by atoms with Crippen molar-refractivity contribution < 1.29 is 9.90 Å². The van der Waals surface area contributed by atoms with Crippen LogP contribution in [0, 0.1) is 0 Å². The minimum absolute atomic E-state index is 0.0801. The molecule has 0 radical (unpaired) electrons. The number of hydrogen-bond donors (Lipinski definition) is 3. The quantitative estimate of drug-likeness (QED) is 0.440. The lowest BCUT2D eigenvalue weighted by atomic mass is 9.90. The van der Waals surface area contributed by atoms with Crippen LogP contribution in [0.15, 0.2) is 78.9 Å². The van der Waals surface area contributed by atoms with Gasteiger partial charge in [-0.2, -0.15) is 0 Å². The van der Waals surface area contributed by atoms with Gasteiger partial charge in [-0.15, -0.1) is 0 Å². The van der Waals surface area contributed by atoms with E-state index in [1.165, 1.54) is 0 Å². The third-order valence-electron chi connectivity index (χ3n) is 4.48. The van der Waals surface area contributed by atoms with E-state index in [4.69, 9.17) is 12.2 Å². The van der Waals surface area contributed by atoms with E-state index in [0.29, 0.717) is 5.69 Å². The smallest absolute Gasteiger partial charge is 0.238 e. The van der Waals surface area contributed by atoms with Crippen molar-refractivity contribution in [3.8, 4) is 5.75 Å². The average molecular weight is 391 g/mol. The van der Waals surface area contributed by atoms with Gasteiger partial charge in [-0.1, -0.05) is 73.7 Å². The number of carbonyl (C=O) groups excluding carboxylic acids is 1. The van der Waals surface area contributed by atoms with Gasteiger partial charge < -0.3 is 15.7 Å². The monoisotopic (exact) mass is 390 g/mol. The van der Waals surface area contributed by atoms with E-state index in [2.05, 4.69) is 10.6 Å². The third-order valence-corrected chi connectivity index (χ3v) is 4.69. The molecule has 3 N–H and O–H groups in total. The van der Waals surface area contributed by atoms with Gasteiger partial charge in [0.2, 0.25) is 5.91 Å². The summed E-state index contributed by atoms with van der Waals surface area (Å²) in [6.45, 7) is 2.03. The number of carbonyl (C=O) groups is 1. The van der Waals surface area contributed by atoms with Gasteiger partial charge in [-0.3, -0.25) is 4.79 Å². The lowest BCUT2D eigenvalue weighted by molar-refractivity contribution is -0.120. The molecular weight excluding hydrogens is 368 g/mol. The van der Waals surface area contributed by atoms with Gasteiger partial charge in [0, 0.05) is 0 Å². The van der Waals surface area contributed by atoms with Crippen molar-refractivity contribution in [2.45, 2.75) is 19.3 Å². The Kier molecular flexibility index (Phi) is 6.40. The predicted octanol–water partition coefficient (Wildman–Crippen LogP) is 4.60. The van der Waals surface area contributed by atoms with Crippen molar-refractivity contribution in [3.63, 3.8) is 0 Å². The zero-order valence-corrected chi connectivity index (χ0v) is 16.4. The first-order valence-corrected chi connectivity index (χ1v) is 9.53. The summed E-state index contributed by atoms with van der Waals surface area (Å²) in [5.74, 6) is -0.643. The number of phenols is 1. The Labute approximate surface area is 170 Å². The molecule has 0 bridgehead atoms. The fraction of sp³-hybridized carbons (Fsp3) is 0.130. The van der Waals surface area contributed by atoms with Crippen LogP contribution in [-0.2, 0) is 11.2 Å². The Hall–Kier alpha value is -3.18. The lowest BCUT2D eigenvalue weighted by Crippen LogP contribution is -2.37. The highest BCUT2D eigenvalue weighted by molar-refractivity contribution is 7.80. The molecule has 0 aliphatic carbocycles. The fourth-order valence-corrected chi connectivity index (χ4v) is 3.24. The molecular formula is C23H22N2O2S. The number of anilines is 1. The minimum atomic E-state index is -0.488. The zero-order chi connectivity index (χ0) is 19.9. The Bertz CT molecular complexity index is 919. The van der Waals surface area contributed by atoms with Gasteiger partial charge in [0.15, 0.2) is 5.11 Å². The van der Waals surface area contributed by atoms with Gasteiger partial charge in [0.05, 0.1) is 11.6 Å². The highest BCUT2D eigenvalue weighted by Crippen LogP contribution is 2.26. The molecule has 0 aliphatic heterocycles. The van der Waals surface area contributed by atoms with Crippen molar-refractivity contribution in [1.29, 1.82) is 0 Å². The summed E-state index contributed by atoms with van der Waals surface area (Å²) in [6.07, 6.45) is 0.832. The minimum Gasteiger partial charge on any atom is -0.506 e. The van der Waals surface area contributed by atoms with Gasteiger partial charge >= 0.3 is 0 Å². The molecule has 3 aromatic carbocycles. The van der Waals surface area contributed by atoms with Crippen LogP contribution in [-0.4, -0.2) is 16.1 Å². The fourth-order valence-electron chi connectivity index (χ4n) is 3.03. The zero-order valence-electron chi connectivity index (χ0n) is 15.6. The molecule has 0 unspecified atom stereocenters. The number of amides is 1. The van der Waals surface area contributed by atoms with Crippen molar-refractivity contribution >= 4 is 28.9 Å². The van der Waals surface area contributed by atoms with E-state index in [9.17, 15) is 9.90 Å². The highest BCUT2D eigenvalue weighted by Gasteiger charge is 2.23. The molecule has 4 nitrogen and oxygen atoms in total. The molecule has 0 heterocycles. The molecule has 1 amide bonds. The molecule has 0 spiro atoms. The Morgan fingerprint density at radius 1 is 0.964 bits per heavy atom. The van der Waals surface area contributed by atoms with Gasteiger partial charge in [-0.25, -0.2) is 0 Å². The van der Waals surface area contributed by atoms with Crippen molar-refractivity contribution in [2.75, 3.05) is 5.32 Å². The molecule has 28 heavy (non-hydrogen) atoms. The van der Waals surface area contributed by atoms with Gasteiger partial charge in [0.1, 0.15) is 5.75 Å². The molecule has 3 aromatic rings. The van der Waals surface area contributed by atoms with E-state index in [0.717, 1.165) is 23.1 Å². The van der Waals surface area contributed by atoms with E-state index >= 15 is 0 Å². The normalized spacial score (nSPS) is 10.5. The average Bonchev–Trinajstić information content (AvgIpc) is 2.71. The van der Waals surface area contributed by atoms with E-state index < -0.39 is 5.92 Å². The molecule has 0 saturated carbocycles. The Morgan fingerprint density at radius 2 is 1.54 bits per heavy atom. The predicted molar refractivity (Wildman–Crippen MR) is 117 cm³/mol. The maximum atomic E-state index is 13.1. The van der Waals surface area contributed by atoms with Crippen LogP contribution >= 0.6 is 12.2 Å². The number of rotatable bonds is 5. The second-order valence-corrected chi connectivity index (χ2v) is 6.81. The van der Waals surface area contributed by atoms with E-state index in [1.807, 2.05) is 79.7 Å². The largest absolute Gasteiger partial charge is 0.506 e. The van der Waals surface area contributed by atoms with Gasteiger partial charge in [-0.05, 0) is 47.5 Å². The molecule has 0 atom stereocenters. The Morgan fingerprint density at radius 3 is 2.07 bits per heavy atom. The summed E-state index contributed by atoms with van der Waals surface area (Å²) in [6, 6.07) is 24.4. The molecule has 3 rings (SSSR count).